The van der Waals surface area contributed by atoms with Crippen LogP contribution in [-0.4, -0.2) is 12.0 Å². The third kappa shape index (κ3) is 2.31. The molecule has 1 aromatic heterocycles. The van der Waals surface area contributed by atoms with Crippen molar-refractivity contribution in [3.05, 3.63) is 48.3 Å². The maximum absolute atomic E-state index is 5.78. The molecule has 3 nitrogen and oxygen atoms in total. The van der Waals surface area contributed by atoms with E-state index in [1.54, 1.807) is 6.20 Å². The van der Waals surface area contributed by atoms with Crippen LogP contribution >= 0.6 is 0 Å². The van der Waals surface area contributed by atoms with Gasteiger partial charge in [0.1, 0.15) is 11.5 Å². The average Bonchev–Trinajstić information content (AvgIpc) is 2.30. The summed E-state index contributed by atoms with van der Waals surface area (Å²) in [6, 6.07) is 11.6. The molecular weight excluding hydrogens is 200 g/mol. The van der Waals surface area contributed by atoms with Crippen molar-refractivity contribution in [2.24, 2.45) is 0 Å². The van der Waals surface area contributed by atoms with Crippen molar-refractivity contribution in [1.82, 2.24) is 4.98 Å². The minimum absolute atomic E-state index is 0.801. The molecule has 0 saturated heterocycles. The van der Waals surface area contributed by atoms with E-state index < -0.39 is 0 Å². The number of hydrogen-bond donors (Lipinski definition) is 1. The number of rotatable bonds is 3. The van der Waals surface area contributed by atoms with Crippen molar-refractivity contribution in [3.8, 4) is 11.5 Å². The van der Waals surface area contributed by atoms with Crippen LogP contribution in [0.4, 0.5) is 5.69 Å². The zero-order valence-corrected chi connectivity index (χ0v) is 9.40. The molecular formula is C13H14N2O. The lowest BCUT2D eigenvalue weighted by Crippen LogP contribution is -1.93. The molecule has 2 aromatic rings. The average molecular weight is 214 g/mol. The van der Waals surface area contributed by atoms with Crippen LogP contribution in [0.5, 0.6) is 11.5 Å². The second kappa shape index (κ2) is 4.66. The Balaban J connectivity index is 2.26. The first-order chi connectivity index (χ1) is 7.79. The maximum atomic E-state index is 5.78. The van der Waals surface area contributed by atoms with E-state index in [0.29, 0.717) is 0 Å². The topological polar surface area (TPSA) is 34.1 Å². The second-order valence-corrected chi connectivity index (χ2v) is 3.48. The predicted molar refractivity (Wildman–Crippen MR) is 65.0 cm³/mol. The lowest BCUT2D eigenvalue weighted by Gasteiger charge is -2.10. The first-order valence-electron chi connectivity index (χ1n) is 5.17. The van der Waals surface area contributed by atoms with E-state index in [1.807, 2.05) is 50.4 Å². The van der Waals surface area contributed by atoms with Gasteiger partial charge in [0, 0.05) is 25.0 Å². The van der Waals surface area contributed by atoms with E-state index in [1.165, 1.54) is 0 Å². The van der Waals surface area contributed by atoms with Gasteiger partial charge in [-0.2, -0.15) is 0 Å². The maximum Gasteiger partial charge on any atom is 0.150 e. The first-order valence-corrected chi connectivity index (χ1v) is 5.17. The second-order valence-electron chi connectivity index (χ2n) is 3.48. The highest BCUT2D eigenvalue weighted by Gasteiger charge is 2.02. The smallest absolute Gasteiger partial charge is 0.150 e. The van der Waals surface area contributed by atoms with Crippen molar-refractivity contribution < 1.29 is 4.74 Å². The third-order valence-corrected chi connectivity index (χ3v) is 2.25. The van der Waals surface area contributed by atoms with Crippen molar-refractivity contribution in [2.75, 3.05) is 12.4 Å². The summed E-state index contributed by atoms with van der Waals surface area (Å²) in [5, 5.41) is 3.09. The number of nitrogens with one attached hydrogen (secondary N) is 1. The Morgan fingerprint density at radius 2 is 2.00 bits per heavy atom. The van der Waals surface area contributed by atoms with E-state index in [-0.39, 0.29) is 0 Å². The van der Waals surface area contributed by atoms with E-state index in [2.05, 4.69) is 10.3 Å². The molecule has 0 aliphatic heterocycles. The number of para-hydroxylation sites is 2. The Hall–Kier alpha value is -2.03. The summed E-state index contributed by atoms with van der Waals surface area (Å²) < 4.78 is 5.78. The summed E-state index contributed by atoms with van der Waals surface area (Å²) in [7, 11) is 1.87. The van der Waals surface area contributed by atoms with Crippen molar-refractivity contribution >= 4 is 5.69 Å². The van der Waals surface area contributed by atoms with Gasteiger partial charge in [-0.05, 0) is 25.1 Å². The van der Waals surface area contributed by atoms with Crippen LogP contribution in [0.3, 0.4) is 0 Å². The van der Waals surface area contributed by atoms with Crippen LogP contribution in [0, 0.1) is 6.92 Å². The number of anilines is 1. The van der Waals surface area contributed by atoms with Crippen LogP contribution in [0.15, 0.2) is 42.6 Å². The van der Waals surface area contributed by atoms with E-state index in [9.17, 15) is 0 Å². The predicted octanol–water partition coefficient (Wildman–Crippen LogP) is 3.22. The van der Waals surface area contributed by atoms with E-state index in [4.69, 9.17) is 4.74 Å². The Labute approximate surface area is 95.1 Å². The van der Waals surface area contributed by atoms with E-state index >= 15 is 0 Å². The van der Waals surface area contributed by atoms with Crippen LogP contribution in [0.25, 0.3) is 0 Å². The van der Waals surface area contributed by atoms with Crippen molar-refractivity contribution in [3.63, 3.8) is 0 Å². The fourth-order valence-corrected chi connectivity index (χ4v) is 1.47. The number of benzene rings is 1. The Morgan fingerprint density at radius 3 is 2.75 bits per heavy atom. The summed E-state index contributed by atoms with van der Waals surface area (Å²) in [4.78, 5) is 4.13. The van der Waals surface area contributed by atoms with Gasteiger partial charge in [-0.3, -0.25) is 4.98 Å². The number of hydrogen-bond acceptors (Lipinski definition) is 3. The number of ether oxygens (including phenoxy) is 1. The van der Waals surface area contributed by atoms with Gasteiger partial charge in [0.25, 0.3) is 0 Å². The van der Waals surface area contributed by atoms with Crippen molar-refractivity contribution in [1.29, 1.82) is 0 Å². The monoisotopic (exact) mass is 214 g/mol. The standard InChI is InChI=1S/C13H14N2O/c1-10-9-11(7-8-15-10)16-13-6-4-3-5-12(13)14-2/h3-9,14H,1-2H3. The molecule has 0 unspecified atom stereocenters. The van der Waals surface area contributed by atoms with E-state index in [0.717, 1.165) is 22.9 Å². The van der Waals surface area contributed by atoms with Crippen molar-refractivity contribution in [2.45, 2.75) is 6.92 Å². The molecule has 82 valence electrons. The molecule has 0 aliphatic carbocycles. The molecule has 0 aliphatic rings. The molecule has 0 radical (unpaired) electrons. The molecule has 0 fully saturated rings. The highest BCUT2D eigenvalue weighted by Crippen LogP contribution is 2.28. The molecule has 3 heteroatoms. The molecule has 0 amide bonds. The van der Waals surface area contributed by atoms with Crippen LogP contribution in [0.2, 0.25) is 0 Å². The summed E-state index contributed by atoms with van der Waals surface area (Å²) >= 11 is 0. The van der Waals surface area contributed by atoms with Gasteiger partial charge in [0.15, 0.2) is 0 Å². The quantitative estimate of drug-likeness (QED) is 0.851. The zero-order chi connectivity index (χ0) is 11.4. The van der Waals surface area contributed by atoms with Gasteiger partial charge in [0.05, 0.1) is 5.69 Å². The number of aryl methyl sites for hydroxylation is 1. The fourth-order valence-electron chi connectivity index (χ4n) is 1.47. The summed E-state index contributed by atoms with van der Waals surface area (Å²) in [6.07, 6.45) is 1.74. The van der Waals surface area contributed by atoms with Gasteiger partial charge in [-0.25, -0.2) is 0 Å². The van der Waals surface area contributed by atoms with Crippen LogP contribution in [-0.2, 0) is 0 Å². The number of aromatic nitrogens is 1. The largest absolute Gasteiger partial charge is 0.455 e. The van der Waals surface area contributed by atoms with Gasteiger partial charge in [0.2, 0.25) is 0 Å². The fraction of sp³-hybridized carbons (Fsp3) is 0.154. The molecule has 1 heterocycles. The minimum atomic E-state index is 0.801. The van der Waals surface area contributed by atoms with Gasteiger partial charge in [-0.1, -0.05) is 12.1 Å². The van der Waals surface area contributed by atoms with Crippen LogP contribution < -0.4 is 10.1 Å². The Morgan fingerprint density at radius 1 is 1.19 bits per heavy atom. The summed E-state index contributed by atoms with van der Waals surface area (Å²) in [6.45, 7) is 1.94. The molecule has 2 rings (SSSR count). The van der Waals surface area contributed by atoms with Crippen LogP contribution in [0.1, 0.15) is 5.69 Å². The molecule has 0 bridgehead atoms. The van der Waals surface area contributed by atoms with Gasteiger partial charge >= 0.3 is 0 Å². The summed E-state index contributed by atoms with van der Waals surface area (Å²) in [5.41, 5.74) is 1.91. The lowest BCUT2D eigenvalue weighted by molar-refractivity contribution is 0.483. The Bertz CT molecular complexity index is 483. The van der Waals surface area contributed by atoms with Gasteiger partial charge in [-0.15, -0.1) is 0 Å². The first kappa shape index (κ1) is 10.5. The molecule has 0 atom stereocenters. The third-order valence-electron chi connectivity index (χ3n) is 2.25. The summed E-state index contributed by atoms with van der Waals surface area (Å²) in [5.74, 6) is 1.62. The molecule has 0 saturated carbocycles. The highest BCUT2D eigenvalue weighted by atomic mass is 16.5. The zero-order valence-electron chi connectivity index (χ0n) is 9.40. The molecule has 16 heavy (non-hydrogen) atoms. The number of pyridine rings is 1. The minimum Gasteiger partial charge on any atom is -0.455 e. The normalized spacial score (nSPS) is 9.88. The lowest BCUT2D eigenvalue weighted by atomic mass is 10.3. The number of nitrogens with zero attached hydrogens (tertiary/aromatic N) is 1. The SMILES string of the molecule is CNc1ccccc1Oc1ccnc(C)c1. The molecule has 1 N–H and O–H groups in total. The highest BCUT2D eigenvalue weighted by molar-refractivity contribution is 5.56. The molecule has 1 aromatic carbocycles. The Kier molecular flexibility index (Phi) is 3.05. The molecule has 0 spiro atoms. The van der Waals surface area contributed by atoms with Gasteiger partial charge < -0.3 is 10.1 Å².